The summed E-state index contributed by atoms with van der Waals surface area (Å²) in [5.41, 5.74) is 3.67. The van der Waals surface area contributed by atoms with Crippen molar-refractivity contribution < 1.29 is 26.0 Å². The van der Waals surface area contributed by atoms with E-state index in [-0.39, 0.29) is 23.4 Å². The molecule has 2 aromatic rings. The lowest BCUT2D eigenvalue weighted by molar-refractivity contribution is -0.137. The van der Waals surface area contributed by atoms with Crippen LogP contribution in [0.2, 0.25) is 0 Å². The number of amidine groups is 1. The number of aliphatic imine (C=N–C) groups is 1. The fourth-order valence-corrected chi connectivity index (χ4v) is 6.01. The Morgan fingerprint density at radius 2 is 1.70 bits per heavy atom. The summed E-state index contributed by atoms with van der Waals surface area (Å²) in [5.74, 6) is -0.839. The lowest BCUT2D eigenvalue weighted by Crippen LogP contribution is -2.60. The number of nitrogens with zero attached hydrogens (tertiary/aromatic N) is 1. The van der Waals surface area contributed by atoms with Gasteiger partial charge in [-0.1, -0.05) is 36.4 Å². The first-order chi connectivity index (χ1) is 13.7. The van der Waals surface area contributed by atoms with Gasteiger partial charge in [-0.05, 0) is 44.9 Å². The molecule has 0 bridgehead atoms. The Morgan fingerprint density at radius 3 is 2.30 bits per heavy atom. The molecule has 162 valence electrons. The molecule has 30 heavy (non-hydrogen) atoms. The number of hydrogen-bond donors (Lipinski definition) is 1. The van der Waals surface area contributed by atoms with Gasteiger partial charge in [-0.25, -0.2) is 12.8 Å². The van der Waals surface area contributed by atoms with Crippen LogP contribution in [0, 0.1) is 5.82 Å². The van der Waals surface area contributed by atoms with Gasteiger partial charge in [-0.2, -0.15) is 13.2 Å². The summed E-state index contributed by atoms with van der Waals surface area (Å²) in [7, 11) is -4.07. The standard InChI is InChI=1S/C21H22F4N2O2S/c1-19(2)18(26)27-20(3,15-9-4-5-10-16(15)22)17(30(19,28)29)12-13-7-6-8-14(11-13)21(23,24)25/h4-11,17H,12H2,1-3H3,(H2,26,27)/t17-,20+/m0/s1. The van der Waals surface area contributed by atoms with Crippen LogP contribution in [0.1, 0.15) is 37.5 Å². The summed E-state index contributed by atoms with van der Waals surface area (Å²) in [4.78, 5) is 4.40. The van der Waals surface area contributed by atoms with E-state index in [4.69, 9.17) is 5.73 Å². The zero-order valence-electron chi connectivity index (χ0n) is 16.7. The van der Waals surface area contributed by atoms with Gasteiger partial charge in [0.25, 0.3) is 0 Å². The van der Waals surface area contributed by atoms with E-state index in [2.05, 4.69) is 4.99 Å². The smallest absolute Gasteiger partial charge is 0.386 e. The molecule has 2 N–H and O–H groups in total. The maximum Gasteiger partial charge on any atom is 0.416 e. The van der Waals surface area contributed by atoms with Gasteiger partial charge in [0, 0.05) is 5.56 Å². The molecule has 0 radical (unpaired) electrons. The van der Waals surface area contributed by atoms with E-state index in [1.807, 2.05) is 0 Å². The molecule has 0 unspecified atom stereocenters. The highest BCUT2D eigenvalue weighted by molar-refractivity contribution is 7.94. The highest BCUT2D eigenvalue weighted by Gasteiger charge is 2.56. The molecule has 0 saturated heterocycles. The summed E-state index contributed by atoms with van der Waals surface area (Å²) in [5, 5.41) is -1.33. The predicted octanol–water partition coefficient (Wildman–Crippen LogP) is 4.24. The first-order valence-electron chi connectivity index (χ1n) is 9.21. The summed E-state index contributed by atoms with van der Waals surface area (Å²) in [6.07, 6.45) is -4.85. The molecule has 0 fully saturated rings. The van der Waals surface area contributed by atoms with Gasteiger partial charge >= 0.3 is 6.18 Å². The van der Waals surface area contributed by atoms with E-state index in [0.717, 1.165) is 12.1 Å². The highest BCUT2D eigenvalue weighted by atomic mass is 32.2. The number of hydrogen-bond acceptors (Lipinski definition) is 4. The normalized spacial score (nSPS) is 25.6. The van der Waals surface area contributed by atoms with Crippen LogP contribution >= 0.6 is 0 Å². The van der Waals surface area contributed by atoms with Crippen molar-refractivity contribution in [3.05, 3.63) is 71.0 Å². The van der Waals surface area contributed by atoms with Crippen LogP contribution in [0.3, 0.4) is 0 Å². The van der Waals surface area contributed by atoms with Crippen LogP contribution in [0.25, 0.3) is 0 Å². The van der Waals surface area contributed by atoms with Crippen LogP contribution in [0.5, 0.6) is 0 Å². The van der Waals surface area contributed by atoms with E-state index in [1.54, 1.807) is 6.07 Å². The Balaban J connectivity index is 2.22. The quantitative estimate of drug-likeness (QED) is 0.723. The van der Waals surface area contributed by atoms with Gasteiger partial charge in [0.1, 0.15) is 21.9 Å². The van der Waals surface area contributed by atoms with Gasteiger partial charge in [-0.15, -0.1) is 0 Å². The molecule has 0 spiro atoms. The van der Waals surface area contributed by atoms with Crippen LogP contribution < -0.4 is 5.73 Å². The molecule has 4 nitrogen and oxygen atoms in total. The third kappa shape index (κ3) is 3.49. The Labute approximate surface area is 172 Å². The molecule has 3 rings (SSSR count). The molecule has 1 aliphatic heterocycles. The molecular formula is C21H22F4N2O2S. The van der Waals surface area contributed by atoms with Crippen molar-refractivity contribution in [3.8, 4) is 0 Å². The van der Waals surface area contributed by atoms with Gasteiger partial charge in [0.2, 0.25) is 0 Å². The minimum absolute atomic E-state index is 0.0176. The molecule has 0 saturated carbocycles. The Kier molecular flexibility index (Phi) is 5.25. The zero-order chi connectivity index (χ0) is 22.5. The van der Waals surface area contributed by atoms with Gasteiger partial charge in [0.05, 0.1) is 10.8 Å². The summed E-state index contributed by atoms with van der Waals surface area (Å²) >= 11 is 0. The maximum absolute atomic E-state index is 14.7. The Morgan fingerprint density at radius 1 is 1.07 bits per heavy atom. The average Bonchev–Trinajstić information content (AvgIpc) is 2.64. The van der Waals surface area contributed by atoms with E-state index >= 15 is 0 Å². The first kappa shape index (κ1) is 22.3. The number of rotatable bonds is 3. The van der Waals surface area contributed by atoms with Crippen LogP contribution in [0.4, 0.5) is 17.6 Å². The van der Waals surface area contributed by atoms with Crippen molar-refractivity contribution in [1.82, 2.24) is 0 Å². The number of alkyl halides is 3. The fraction of sp³-hybridized carbons (Fsp3) is 0.381. The topological polar surface area (TPSA) is 72.5 Å². The van der Waals surface area contributed by atoms with Crippen LogP contribution in [-0.4, -0.2) is 24.3 Å². The third-order valence-corrected chi connectivity index (χ3v) is 8.78. The SMILES string of the molecule is CC1(C)C(N)=N[C@](C)(c2ccccc2F)[C@H](Cc2cccc(C(F)(F)F)c2)S1(=O)=O. The van der Waals surface area contributed by atoms with Crippen molar-refractivity contribution in [2.45, 2.75) is 48.9 Å². The summed E-state index contributed by atoms with van der Waals surface area (Å²) in [6, 6.07) is 10.1. The zero-order valence-corrected chi connectivity index (χ0v) is 17.5. The second-order valence-electron chi connectivity index (χ2n) is 8.07. The number of benzene rings is 2. The van der Waals surface area contributed by atoms with Crippen molar-refractivity contribution in [2.75, 3.05) is 0 Å². The minimum Gasteiger partial charge on any atom is -0.386 e. The van der Waals surface area contributed by atoms with Crippen molar-refractivity contribution in [2.24, 2.45) is 10.7 Å². The lowest BCUT2D eigenvalue weighted by atomic mass is 9.84. The molecule has 9 heteroatoms. The van der Waals surface area contributed by atoms with E-state index in [0.29, 0.717) is 0 Å². The molecule has 2 atom stereocenters. The molecule has 1 aliphatic rings. The molecule has 0 aromatic heterocycles. The van der Waals surface area contributed by atoms with Crippen molar-refractivity contribution in [1.29, 1.82) is 0 Å². The number of sulfone groups is 1. The Bertz CT molecular complexity index is 1110. The summed E-state index contributed by atoms with van der Waals surface area (Å²) in [6.45, 7) is 4.23. The average molecular weight is 442 g/mol. The molecule has 0 amide bonds. The molecule has 0 aliphatic carbocycles. The number of halogens is 4. The van der Waals surface area contributed by atoms with Crippen LogP contribution in [-0.2, 0) is 28.0 Å². The van der Waals surface area contributed by atoms with E-state index < -0.39 is 42.9 Å². The van der Waals surface area contributed by atoms with Crippen molar-refractivity contribution in [3.63, 3.8) is 0 Å². The van der Waals surface area contributed by atoms with Gasteiger partial charge in [0.15, 0.2) is 9.84 Å². The lowest BCUT2D eigenvalue weighted by Gasteiger charge is -2.44. The largest absolute Gasteiger partial charge is 0.416 e. The molecule has 2 aromatic carbocycles. The molecular weight excluding hydrogens is 420 g/mol. The van der Waals surface area contributed by atoms with Crippen LogP contribution in [0.15, 0.2) is 53.5 Å². The van der Waals surface area contributed by atoms with E-state index in [9.17, 15) is 26.0 Å². The monoisotopic (exact) mass is 442 g/mol. The third-order valence-electron chi connectivity index (χ3n) is 5.78. The minimum atomic E-state index is -4.57. The van der Waals surface area contributed by atoms with Gasteiger partial charge < -0.3 is 5.73 Å². The van der Waals surface area contributed by atoms with Gasteiger partial charge in [-0.3, -0.25) is 4.99 Å². The van der Waals surface area contributed by atoms with E-state index in [1.165, 1.54) is 51.1 Å². The maximum atomic E-state index is 14.7. The second kappa shape index (κ2) is 7.08. The summed E-state index contributed by atoms with van der Waals surface area (Å²) < 4.78 is 79.6. The highest BCUT2D eigenvalue weighted by Crippen LogP contribution is 2.44. The predicted molar refractivity (Wildman–Crippen MR) is 107 cm³/mol. The first-order valence-corrected chi connectivity index (χ1v) is 10.8. The van der Waals surface area contributed by atoms with Crippen molar-refractivity contribution >= 4 is 15.7 Å². The molecule has 1 heterocycles. The second-order valence-corrected chi connectivity index (χ2v) is 10.8. The fourth-order valence-electron chi connectivity index (χ4n) is 3.76. The Hall–Kier alpha value is -2.42. The number of nitrogens with two attached hydrogens (primary N) is 1.